The summed E-state index contributed by atoms with van der Waals surface area (Å²) in [6.07, 6.45) is 1.81. The minimum Gasteiger partial charge on any atom is -0.439 e. The second-order valence-corrected chi connectivity index (χ2v) is 5.24. The molecule has 106 valence electrons. The molecule has 0 spiro atoms. The summed E-state index contributed by atoms with van der Waals surface area (Å²) in [6.45, 7) is 5.77. The van der Waals surface area contributed by atoms with Crippen LogP contribution in [0.25, 0.3) is 0 Å². The quantitative estimate of drug-likeness (QED) is 0.876. The molecule has 0 fully saturated rings. The van der Waals surface area contributed by atoms with Gasteiger partial charge in [0.2, 0.25) is 5.88 Å². The maximum Gasteiger partial charge on any atom is 0.222 e. The van der Waals surface area contributed by atoms with Gasteiger partial charge in [0.25, 0.3) is 0 Å². The van der Waals surface area contributed by atoms with E-state index in [1.807, 2.05) is 13.1 Å². The normalized spacial score (nSPS) is 10.6. The highest BCUT2D eigenvalue weighted by atomic mass is 35.5. The Kier molecular flexibility index (Phi) is 5.24. The summed E-state index contributed by atoms with van der Waals surface area (Å²) in [7, 11) is 0. The van der Waals surface area contributed by atoms with Gasteiger partial charge in [-0.1, -0.05) is 30.1 Å². The second kappa shape index (κ2) is 6.93. The Morgan fingerprint density at radius 3 is 2.65 bits per heavy atom. The topological polar surface area (TPSA) is 34.2 Å². The molecule has 0 aliphatic rings. The van der Waals surface area contributed by atoms with Crippen molar-refractivity contribution >= 4 is 23.2 Å². The molecule has 1 aromatic carbocycles. The number of pyridine rings is 1. The van der Waals surface area contributed by atoms with E-state index in [1.165, 1.54) is 0 Å². The molecule has 0 amide bonds. The molecule has 0 radical (unpaired) electrons. The van der Waals surface area contributed by atoms with Gasteiger partial charge in [-0.15, -0.1) is 0 Å². The van der Waals surface area contributed by atoms with Crippen LogP contribution in [0.3, 0.4) is 0 Å². The second-order valence-electron chi connectivity index (χ2n) is 4.42. The van der Waals surface area contributed by atoms with Crippen molar-refractivity contribution in [3.05, 3.63) is 51.6 Å². The van der Waals surface area contributed by atoms with E-state index in [9.17, 15) is 0 Å². The standard InChI is InChI=1S/C15H16Cl2N2O/c1-3-18-8-11-6-10(2)15(19-9-11)20-12-4-5-13(16)14(17)7-12/h4-7,9,18H,3,8H2,1-2H3. The molecule has 0 atom stereocenters. The molecule has 3 nitrogen and oxygen atoms in total. The Labute approximate surface area is 128 Å². The van der Waals surface area contributed by atoms with Crippen molar-refractivity contribution in [3.63, 3.8) is 0 Å². The maximum absolute atomic E-state index is 5.96. The van der Waals surface area contributed by atoms with Gasteiger partial charge < -0.3 is 10.1 Å². The molecule has 1 heterocycles. The fraction of sp³-hybridized carbons (Fsp3) is 0.267. The maximum atomic E-state index is 5.96. The zero-order valence-electron chi connectivity index (χ0n) is 11.4. The first-order valence-corrected chi connectivity index (χ1v) is 7.15. The number of hydrogen-bond acceptors (Lipinski definition) is 3. The zero-order chi connectivity index (χ0) is 14.5. The van der Waals surface area contributed by atoms with Crippen LogP contribution in [0, 0.1) is 6.92 Å². The van der Waals surface area contributed by atoms with Crippen molar-refractivity contribution in [2.75, 3.05) is 6.54 Å². The minimum absolute atomic E-state index is 0.464. The number of aryl methyl sites for hydroxylation is 1. The smallest absolute Gasteiger partial charge is 0.222 e. The molecular formula is C15H16Cl2N2O. The number of ether oxygens (including phenoxy) is 1. The Morgan fingerprint density at radius 2 is 2.00 bits per heavy atom. The Morgan fingerprint density at radius 1 is 1.20 bits per heavy atom. The van der Waals surface area contributed by atoms with Gasteiger partial charge >= 0.3 is 0 Å². The predicted molar refractivity (Wildman–Crippen MR) is 82.9 cm³/mol. The highest BCUT2D eigenvalue weighted by molar-refractivity contribution is 6.42. The zero-order valence-corrected chi connectivity index (χ0v) is 12.9. The van der Waals surface area contributed by atoms with Gasteiger partial charge in [-0.05, 0) is 37.2 Å². The van der Waals surface area contributed by atoms with Crippen molar-refractivity contribution in [1.82, 2.24) is 10.3 Å². The molecule has 0 unspecified atom stereocenters. The molecule has 5 heteroatoms. The molecule has 0 saturated carbocycles. The Bertz CT molecular complexity index is 602. The van der Waals surface area contributed by atoms with Gasteiger partial charge in [0.05, 0.1) is 10.0 Å². The van der Waals surface area contributed by atoms with Gasteiger partial charge in [-0.3, -0.25) is 0 Å². The van der Waals surface area contributed by atoms with Gasteiger partial charge in [0.15, 0.2) is 0 Å². The van der Waals surface area contributed by atoms with E-state index in [-0.39, 0.29) is 0 Å². The van der Waals surface area contributed by atoms with Crippen LogP contribution in [0.2, 0.25) is 10.0 Å². The third kappa shape index (κ3) is 3.85. The predicted octanol–water partition coefficient (Wildman–Crippen LogP) is 4.60. The van der Waals surface area contributed by atoms with Gasteiger partial charge in [-0.2, -0.15) is 0 Å². The van der Waals surface area contributed by atoms with E-state index in [0.29, 0.717) is 21.7 Å². The van der Waals surface area contributed by atoms with Crippen LogP contribution >= 0.6 is 23.2 Å². The van der Waals surface area contributed by atoms with E-state index >= 15 is 0 Å². The molecule has 0 aliphatic carbocycles. The number of benzene rings is 1. The molecule has 0 saturated heterocycles. The van der Waals surface area contributed by atoms with Crippen molar-refractivity contribution in [2.45, 2.75) is 20.4 Å². The molecule has 0 aliphatic heterocycles. The first-order valence-electron chi connectivity index (χ1n) is 6.39. The summed E-state index contributed by atoms with van der Waals surface area (Å²) in [6, 6.07) is 7.20. The summed E-state index contributed by atoms with van der Waals surface area (Å²) < 4.78 is 5.73. The molecular weight excluding hydrogens is 295 g/mol. The number of halogens is 2. The van der Waals surface area contributed by atoms with E-state index in [1.54, 1.807) is 18.2 Å². The first-order chi connectivity index (χ1) is 9.60. The van der Waals surface area contributed by atoms with Crippen LogP contribution < -0.4 is 10.1 Å². The fourth-order valence-electron chi connectivity index (χ4n) is 1.75. The third-order valence-electron chi connectivity index (χ3n) is 2.77. The van der Waals surface area contributed by atoms with Crippen molar-refractivity contribution in [3.8, 4) is 11.6 Å². The summed E-state index contributed by atoms with van der Waals surface area (Å²) in [5, 5.41) is 4.23. The lowest BCUT2D eigenvalue weighted by molar-refractivity contribution is 0.458. The Hall–Kier alpha value is -1.29. The largest absolute Gasteiger partial charge is 0.439 e. The van der Waals surface area contributed by atoms with E-state index in [0.717, 1.165) is 24.2 Å². The molecule has 2 rings (SSSR count). The molecule has 1 aromatic heterocycles. The number of nitrogens with zero attached hydrogens (tertiary/aromatic N) is 1. The number of hydrogen-bond donors (Lipinski definition) is 1. The van der Waals surface area contributed by atoms with Crippen molar-refractivity contribution in [2.24, 2.45) is 0 Å². The van der Waals surface area contributed by atoms with E-state index in [2.05, 4.69) is 23.3 Å². The van der Waals surface area contributed by atoms with Crippen LogP contribution in [0.1, 0.15) is 18.1 Å². The highest BCUT2D eigenvalue weighted by Crippen LogP contribution is 2.29. The first kappa shape index (κ1) is 15.1. The number of aromatic nitrogens is 1. The highest BCUT2D eigenvalue weighted by Gasteiger charge is 2.06. The molecule has 1 N–H and O–H groups in total. The Balaban J connectivity index is 2.14. The lowest BCUT2D eigenvalue weighted by atomic mass is 10.2. The van der Waals surface area contributed by atoms with Crippen molar-refractivity contribution in [1.29, 1.82) is 0 Å². The van der Waals surface area contributed by atoms with E-state index in [4.69, 9.17) is 27.9 Å². The summed E-state index contributed by atoms with van der Waals surface area (Å²) in [4.78, 5) is 4.34. The third-order valence-corrected chi connectivity index (χ3v) is 3.51. The summed E-state index contributed by atoms with van der Waals surface area (Å²) in [5.41, 5.74) is 2.11. The van der Waals surface area contributed by atoms with Crippen molar-refractivity contribution < 1.29 is 4.74 Å². The SMILES string of the molecule is CCNCc1cnc(Oc2ccc(Cl)c(Cl)c2)c(C)c1. The van der Waals surface area contributed by atoms with Crippen LogP contribution in [0.4, 0.5) is 0 Å². The average Bonchev–Trinajstić information content (AvgIpc) is 2.43. The lowest BCUT2D eigenvalue weighted by Crippen LogP contribution is -2.12. The van der Waals surface area contributed by atoms with Crippen LogP contribution in [0.15, 0.2) is 30.5 Å². The van der Waals surface area contributed by atoms with Crippen LogP contribution in [-0.4, -0.2) is 11.5 Å². The van der Waals surface area contributed by atoms with E-state index < -0.39 is 0 Å². The van der Waals surface area contributed by atoms with Gasteiger partial charge in [0.1, 0.15) is 5.75 Å². The van der Waals surface area contributed by atoms with Crippen LogP contribution in [-0.2, 0) is 6.54 Å². The molecule has 2 aromatic rings. The van der Waals surface area contributed by atoms with Gasteiger partial charge in [-0.25, -0.2) is 4.98 Å². The lowest BCUT2D eigenvalue weighted by Gasteiger charge is -2.10. The average molecular weight is 311 g/mol. The molecule has 0 bridgehead atoms. The number of nitrogens with one attached hydrogen (secondary N) is 1. The fourth-order valence-corrected chi connectivity index (χ4v) is 2.03. The minimum atomic E-state index is 0.464. The molecule has 20 heavy (non-hydrogen) atoms. The van der Waals surface area contributed by atoms with Gasteiger partial charge in [0, 0.05) is 24.4 Å². The van der Waals surface area contributed by atoms with Crippen LogP contribution in [0.5, 0.6) is 11.6 Å². The monoisotopic (exact) mass is 310 g/mol. The summed E-state index contributed by atoms with van der Waals surface area (Å²) >= 11 is 11.8. The number of rotatable bonds is 5. The summed E-state index contributed by atoms with van der Waals surface area (Å²) in [5.74, 6) is 1.19.